The Morgan fingerprint density at radius 3 is 2.67 bits per heavy atom. The molecule has 1 saturated heterocycles. The number of fused-ring (bicyclic) bond motifs is 1. The molecule has 2 aromatic heterocycles. The third-order valence-corrected chi connectivity index (χ3v) is 7.33. The molecule has 3 atom stereocenters. The van der Waals surface area contributed by atoms with Gasteiger partial charge in [-0.25, -0.2) is 4.79 Å². The molecule has 10 heteroatoms. The quantitative estimate of drug-likeness (QED) is 0.328. The molecule has 1 aliphatic rings. The topological polar surface area (TPSA) is 156 Å². The van der Waals surface area contributed by atoms with Crippen LogP contribution in [0.15, 0.2) is 76.1 Å². The first-order valence-electron chi connectivity index (χ1n) is 12.6. The van der Waals surface area contributed by atoms with E-state index in [4.69, 9.17) is 14.9 Å². The van der Waals surface area contributed by atoms with Crippen LogP contribution in [0.2, 0.25) is 0 Å². The number of hydrogen-bond acceptors (Lipinski definition) is 8. The van der Waals surface area contributed by atoms with Gasteiger partial charge in [-0.2, -0.15) is 5.26 Å². The number of amides is 1. The molecule has 0 aliphatic carbocycles. The number of nitrogens with one attached hydrogen (secondary N) is 1. The second-order valence-electron chi connectivity index (χ2n) is 10.1. The Balaban J connectivity index is 1.34. The van der Waals surface area contributed by atoms with E-state index in [1.165, 1.54) is 4.57 Å². The number of primary amides is 1. The number of pyridine rings is 1. The highest BCUT2D eigenvalue weighted by Gasteiger charge is 2.49. The largest absolute Gasteiger partial charge is 0.419 e. The molecule has 0 spiro atoms. The summed E-state index contributed by atoms with van der Waals surface area (Å²) in [5.74, 6) is -2.09. The van der Waals surface area contributed by atoms with Crippen LogP contribution >= 0.6 is 0 Å². The van der Waals surface area contributed by atoms with E-state index in [1.54, 1.807) is 31.4 Å². The van der Waals surface area contributed by atoms with Crippen molar-refractivity contribution < 1.29 is 19.1 Å². The van der Waals surface area contributed by atoms with Crippen molar-refractivity contribution in [2.75, 3.05) is 19.7 Å². The maximum atomic E-state index is 12.7. The smallest absolute Gasteiger partial charge is 0.408 e. The van der Waals surface area contributed by atoms with Gasteiger partial charge < -0.3 is 25.3 Å². The Hall–Kier alpha value is -4.30. The van der Waals surface area contributed by atoms with Gasteiger partial charge in [-0.1, -0.05) is 36.4 Å². The van der Waals surface area contributed by atoms with Crippen LogP contribution in [0, 0.1) is 17.2 Å². The Labute approximate surface area is 224 Å². The second-order valence-corrected chi connectivity index (χ2v) is 10.1. The van der Waals surface area contributed by atoms with Crippen LogP contribution in [0.5, 0.6) is 0 Å². The van der Waals surface area contributed by atoms with Gasteiger partial charge in [-0.3, -0.25) is 14.3 Å². The number of carbonyl (C=O) groups excluding carboxylic acids is 1. The average molecular weight is 528 g/mol. The van der Waals surface area contributed by atoms with E-state index in [2.05, 4.69) is 16.4 Å². The fourth-order valence-corrected chi connectivity index (χ4v) is 5.04. The first-order valence-corrected chi connectivity index (χ1v) is 12.6. The molecular weight excluding hydrogens is 498 g/mol. The highest BCUT2D eigenvalue weighted by molar-refractivity contribution is 5.85. The molecule has 5 rings (SSSR count). The van der Waals surface area contributed by atoms with Crippen molar-refractivity contribution in [3.05, 3.63) is 88.7 Å². The molecule has 1 fully saturated rings. The van der Waals surface area contributed by atoms with Crippen molar-refractivity contribution >= 4 is 17.0 Å². The van der Waals surface area contributed by atoms with Crippen molar-refractivity contribution in [3.63, 3.8) is 0 Å². The summed E-state index contributed by atoms with van der Waals surface area (Å²) in [5, 5.41) is 24.4. The molecule has 39 heavy (non-hydrogen) atoms. The van der Waals surface area contributed by atoms with Gasteiger partial charge >= 0.3 is 5.76 Å². The van der Waals surface area contributed by atoms with Crippen molar-refractivity contribution in [3.8, 4) is 17.2 Å². The van der Waals surface area contributed by atoms with Gasteiger partial charge in [-0.05, 0) is 47.4 Å². The first kappa shape index (κ1) is 26.3. The number of aromatic nitrogens is 2. The number of β-amino-alcohol motifs (C(OH)–C–C–N with tert-alkyl or cyclic N) is 1. The summed E-state index contributed by atoms with van der Waals surface area (Å²) in [4.78, 5) is 28.8. The number of aryl methyl sites for hydroxylation is 1. The van der Waals surface area contributed by atoms with E-state index in [9.17, 15) is 20.0 Å². The molecular formula is C29H29N5O5. The molecule has 0 bridgehead atoms. The van der Waals surface area contributed by atoms with Gasteiger partial charge in [0.2, 0.25) is 0 Å². The molecule has 2 aromatic carbocycles. The maximum Gasteiger partial charge on any atom is 0.419 e. The SMILES string of the molecule is Cn1c(=O)oc2ccc(-c3ccc(C[C@@H](C#N)C4(C(N)=O)CNCC(O)(Cc5ccccn5)CO4)cc3)cc21. The molecule has 0 radical (unpaired) electrons. The van der Waals surface area contributed by atoms with Crippen LogP contribution in [0.4, 0.5) is 0 Å². The number of ether oxygens (including phenoxy) is 1. The maximum absolute atomic E-state index is 12.7. The van der Waals surface area contributed by atoms with E-state index in [1.807, 2.05) is 42.5 Å². The van der Waals surface area contributed by atoms with E-state index in [0.29, 0.717) is 16.8 Å². The van der Waals surface area contributed by atoms with Gasteiger partial charge in [0.25, 0.3) is 5.91 Å². The lowest BCUT2D eigenvalue weighted by atomic mass is 9.82. The number of carbonyl (C=O) groups is 1. The molecule has 2 unspecified atom stereocenters. The zero-order chi connectivity index (χ0) is 27.6. The Morgan fingerprint density at radius 2 is 1.97 bits per heavy atom. The second kappa shape index (κ2) is 10.5. The number of rotatable bonds is 7. The fraction of sp³-hybridized carbons (Fsp3) is 0.310. The number of benzene rings is 2. The van der Waals surface area contributed by atoms with Gasteiger partial charge in [0.1, 0.15) is 5.60 Å². The van der Waals surface area contributed by atoms with Crippen LogP contribution in [-0.4, -0.2) is 51.5 Å². The van der Waals surface area contributed by atoms with Crippen molar-refractivity contribution in [1.82, 2.24) is 14.9 Å². The van der Waals surface area contributed by atoms with E-state index < -0.39 is 28.8 Å². The Morgan fingerprint density at radius 1 is 1.21 bits per heavy atom. The zero-order valence-corrected chi connectivity index (χ0v) is 21.5. The summed E-state index contributed by atoms with van der Waals surface area (Å²) < 4.78 is 12.7. The standard InChI is InChI=1S/C29H29N5O5/c1-34-24-13-21(9-10-25(24)39-27(34)36)20-7-5-19(6-8-20)12-22(15-30)29(26(31)35)17-32-16-28(37,18-38-29)14-23-4-2-3-11-33-23/h2-11,13,22,32,37H,12,14,16-18H2,1H3,(H2,31,35)/t22-,28?,29?/m0/s1. The van der Waals surface area contributed by atoms with E-state index in [-0.39, 0.29) is 32.5 Å². The molecule has 4 N–H and O–H groups in total. The van der Waals surface area contributed by atoms with Crippen LogP contribution in [-0.2, 0) is 29.4 Å². The minimum Gasteiger partial charge on any atom is -0.408 e. The van der Waals surface area contributed by atoms with E-state index in [0.717, 1.165) is 16.7 Å². The molecule has 1 amide bonds. The van der Waals surface area contributed by atoms with Gasteiger partial charge in [0.15, 0.2) is 11.2 Å². The van der Waals surface area contributed by atoms with Crippen LogP contribution in [0.1, 0.15) is 11.3 Å². The number of nitrogens with zero attached hydrogens (tertiary/aromatic N) is 3. The van der Waals surface area contributed by atoms with Crippen LogP contribution < -0.4 is 16.8 Å². The molecule has 0 saturated carbocycles. The summed E-state index contributed by atoms with van der Waals surface area (Å²) >= 11 is 0. The molecule has 1 aliphatic heterocycles. The summed E-state index contributed by atoms with van der Waals surface area (Å²) in [5.41, 5.74) is 7.39. The third-order valence-electron chi connectivity index (χ3n) is 7.33. The Bertz CT molecular complexity index is 1590. The van der Waals surface area contributed by atoms with Crippen LogP contribution in [0.25, 0.3) is 22.2 Å². The summed E-state index contributed by atoms with van der Waals surface area (Å²) in [6.45, 7) is -0.0414. The lowest BCUT2D eigenvalue weighted by Crippen LogP contribution is -2.57. The van der Waals surface area contributed by atoms with Gasteiger partial charge in [0, 0.05) is 38.4 Å². The van der Waals surface area contributed by atoms with Gasteiger partial charge in [-0.15, -0.1) is 0 Å². The molecule has 10 nitrogen and oxygen atoms in total. The highest BCUT2D eigenvalue weighted by Crippen LogP contribution is 2.31. The predicted octanol–water partition coefficient (Wildman–Crippen LogP) is 1.69. The fourth-order valence-electron chi connectivity index (χ4n) is 5.04. The normalized spacial score (nSPS) is 22.2. The number of hydrogen-bond donors (Lipinski definition) is 3. The number of aliphatic hydroxyl groups is 1. The Kier molecular flexibility index (Phi) is 7.06. The lowest BCUT2D eigenvalue weighted by Gasteiger charge is -2.34. The van der Waals surface area contributed by atoms with Crippen molar-refractivity contribution in [2.24, 2.45) is 18.7 Å². The minimum absolute atomic E-state index is 0.00733. The average Bonchev–Trinajstić information content (AvgIpc) is 3.10. The van der Waals surface area contributed by atoms with E-state index >= 15 is 0 Å². The number of nitriles is 1. The molecule has 4 aromatic rings. The minimum atomic E-state index is -1.63. The van der Waals surface area contributed by atoms with Crippen molar-refractivity contribution in [1.29, 1.82) is 5.26 Å². The summed E-state index contributed by atoms with van der Waals surface area (Å²) in [6.07, 6.45) is 2.08. The third kappa shape index (κ3) is 5.20. The first-order chi connectivity index (χ1) is 18.7. The van der Waals surface area contributed by atoms with Crippen LogP contribution in [0.3, 0.4) is 0 Å². The summed E-state index contributed by atoms with van der Waals surface area (Å²) in [6, 6.07) is 20.8. The number of oxazole rings is 1. The summed E-state index contributed by atoms with van der Waals surface area (Å²) in [7, 11) is 1.65. The highest BCUT2D eigenvalue weighted by atomic mass is 16.5. The predicted molar refractivity (Wildman–Crippen MR) is 143 cm³/mol. The molecule has 3 heterocycles. The van der Waals surface area contributed by atoms with Crippen molar-refractivity contribution in [2.45, 2.75) is 24.0 Å². The number of nitrogens with two attached hydrogens (primary N) is 1. The van der Waals surface area contributed by atoms with Gasteiger partial charge in [0.05, 0.1) is 24.1 Å². The molecule has 200 valence electrons. The lowest BCUT2D eigenvalue weighted by molar-refractivity contribution is -0.155. The monoisotopic (exact) mass is 527 g/mol. The zero-order valence-electron chi connectivity index (χ0n) is 21.5.